The first-order valence-corrected chi connectivity index (χ1v) is 4.01. The van der Waals surface area contributed by atoms with Gasteiger partial charge < -0.3 is 0 Å². The van der Waals surface area contributed by atoms with Gasteiger partial charge in [-0.05, 0) is 25.3 Å². The molecule has 0 radical (unpaired) electrons. The van der Waals surface area contributed by atoms with Crippen molar-refractivity contribution in [2.24, 2.45) is 10.9 Å². The molecule has 0 amide bonds. The van der Waals surface area contributed by atoms with Crippen LogP contribution in [-0.2, 0) is 0 Å². The molecule has 0 aliphatic carbocycles. The van der Waals surface area contributed by atoms with Crippen LogP contribution < -0.4 is 0 Å². The summed E-state index contributed by atoms with van der Waals surface area (Å²) in [4.78, 5) is 4.23. The molecule has 0 N–H and O–H groups in total. The molecule has 0 spiro atoms. The summed E-state index contributed by atoms with van der Waals surface area (Å²) >= 11 is 0. The lowest BCUT2D eigenvalue weighted by molar-refractivity contribution is 0.559. The minimum absolute atomic E-state index is 0.731. The van der Waals surface area contributed by atoms with Crippen LogP contribution in [0.5, 0.6) is 0 Å². The molecule has 0 bridgehead atoms. The number of hydrogen-bond acceptors (Lipinski definition) is 1. The van der Waals surface area contributed by atoms with E-state index in [4.69, 9.17) is 0 Å². The molecule has 1 aliphatic rings. The third-order valence-electron chi connectivity index (χ3n) is 2.05. The maximum atomic E-state index is 4.23. The summed E-state index contributed by atoms with van der Waals surface area (Å²) in [6, 6.07) is 0. The fourth-order valence-electron chi connectivity index (χ4n) is 1.31. The Hall–Kier alpha value is -0.590. The fraction of sp³-hybridized carbons (Fsp3) is 0.667. The quantitative estimate of drug-likeness (QED) is 0.554. The van der Waals surface area contributed by atoms with Crippen LogP contribution in [0, 0.1) is 5.92 Å². The molecule has 1 nitrogen and oxygen atoms in total. The van der Waals surface area contributed by atoms with E-state index in [9.17, 15) is 0 Å². The smallest absolute Gasteiger partial charge is 0.0454 e. The summed E-state index contributed by atoms with van der Waals surface area (Å²) in [7, 11) is 0. The highest BCUT2D eigenvalue weighted by molar-refractivity contribution is 5.73. The van der Waals surface area contributed by atoms with Crippen LogP contribution in [0.1, 0.15) is 26.7 Å². The highest BCUT2D eigenvalue weighted by atomic mass is 14.7. The van der Waals surface area contributed by atoms with Crippen molar-refractivity contribution in [3.63, 3.8) is 0 Å². The number of rotatable bonds is 2. The molecule has 1 unspecified atom stereocenters. The van der Waals surface area contributed by atoms with E-state index < -0.39 is 0 Å². The van der Waals surface area contributed by atoms with Crippen molar-refractivity contribution in [3.8, 4) is 0 Å². The maximum Gasteiger partial charge on any atom is 0.0454 e. The van der Waals surface area contributed by atoms with E-state index in [1.165, 1.54) is 18.4 Å². The average molecular weight is 137 g/mol. The summed E-state index contributed by atoms with van der Waals surface area (Å²) in [5, 5.41) is 0. The van der Waals surface area contributed by atoms with Gasteiger partial charge in [0.2, 0.25) is 0 Å². The minimum Gasteiger partial charge on any atom is -0.293 e. The Labute approximate surface area is 62.9 Å². The Balaban J connectivity index is 2.47. The van der Waals surface area contributed by atoms with Crippen LogP contribution in [0.25, 0.3) is 0 Å². The van der Waals surface area contributed by atoms with E-state index >= 15 is 0 Å². The second kappa shape index (κ2) is 3.55. The van der Waals surface area contributed by atoms with Gasteiger partial charge in [-0.1, -0.05) is 18.9 Å². The fourth-order valence-corrected chi connectivity index (χ4v) is 1.31. The lowest BCUT2D eigenvalue weighted by Gasteiger charge is -2.16. The van der Waals surface area contributed by atoms with Crippen molar-refractivity contribution in [1.29, 1.82) is 0 Å². The highest BCUT2D eigenvalue weighted by Gasteiger charge is 2.09. The van der Waals surface area contributed by atoms with Crippen LogP contribution in [-0.4, -0.2) is 12.8 Å². The van der Waals surface area contributed by atoms with E-state index in [2.05, 4.69) is 24.9 Å². The molecule has 10 heavy (non-hydrogen) atoms. The Morgan fingerprint density at radius 1 is 1.70 bits per heavy atom. The average Bonchev–Trinajstić information content (AvgIpc) is 1.94. The second-order valence-electron chi connectivity index (χ2n) is 2.91. The van der Waals surface area contributed by atoms with Crippen molar-refractivity contribution in [3.05, 3.63) is 11.6 Å². The standard InChI is InChI=1S/C9H15N/c1-3-4-9-7-10-6-5-8(9)2/h5-6,9H,3-4,7H2,1-2H3. The zero-order valence-electron chi connectivity index (χ0n) is 6.80. The first kappa shape index (κ1) is 7.52. The first-order valence-electron chi connectivity index (χ1n) is 4.01. The first-order chi connectivity index (χ1) is 4.84. The molecule has 0 saturated heterocycles. The second-order valence-corrected chi connectivity index (χ2v) is 2.91. The summed E-state index contributed by atoms with van der Waals surface area (Å²) < 4.78 is 0. The molecule has 1 heteroatoms. The predicted molar refractivity (Wildman–Crippen MR) is 45.5 cm³/mol. The molecule has 0 aromatic heterocycles. The molecule has 1 atom stereocenters. The van der Waals surface area contributed by atoms with Crippen molar-refractivity contribution in [1.82, 2.24) is 0 Å². The normalized spacial score (nSPS) is 24.6. The molecule has 1 aliphatic heterocycles. The topological polar surface area (TPSA) is 12.4 Å². The largest absolute Gasteiger partial charge is 0.293 e. The summed E-state index contributed by atoms with van der Waals surface area (Å²) in [6.07, 6.45) is 6.61. The lowest BCUT2D eigenvalue weighted by atomic mass is 9.94. The van der Waals surface area contributed by atoms with E-state index in [0.29, 0.717) is 0 Å². The maximum absolute atomic E-state index is 4.23. The molecule has 0 saturated carbocycles. The molecule has 1 heterocycles. The van der Waals surface area contributed by atoms with E-state index in [-0.39, 0.29) is 0 Å². The zero-order chi connectivity index (χ0) is 7.40. The summed E-state index contributed by atoms with van der Waals surface area (Å²) in [5.74, 6) is 0.731. The molecular weight excluding hydrogens is 122 g/mol. The number of nitrogens with zero attached hydrogens (tertiary/aromatic N) is 1. The van der Waals surface area contributed by atoms with Gasteiger partial charge in [-0.15, -0.1) is 0 Å². The van der Waals surface area contributed by atoms with Gasteiger partial charge in [0.1, 0.15) is 0 Å². The van der Waals surface area contributed by atoms with Gasteiger partial charge in [0, 0.05) is 12.8 Å². The highest BCUT2D eigenvalue weighted by Crippen LogP contribution is 2.18. The third-order valence-corrected chi connectivity index (χ3v) is 2.05. The van der Waals surface area contributed by atoms with Gasteiger partial charge in [0.05, 0.1) is 0 Å². The lowest BCUT2D eigenvalue weighted by Crippen LogP contribution is -2.09. The molecule has 1 rings (SSSR count). The molecular formula is C9H15N. The monoisotopic (exact) mass is 137 g/mol. The van der Waals surface area contributed by atoms with Gasteiger partial charge in [-0.2, -0.15) is 0 Å². The number of hydrogen-bond donors (Lipinski definition) is 0. The van der Waals surface area contributed by atoms with E-state index in [1.807, 2.05) is 6.21 Å². The third kappa shape index (κ3) is 1.69. The summed E-state index contributed by atoms with van der Waals surface area (Å²) in [6.45, 7) is 5.44. The van der Waals surface area contributed by atoms with Crippen LogP contribution in [0.15, 0.2) is 16.6 Å². The van der Waals surface area contributed by atoms with Gasteiger partial charge >= 0.3 is 0 Å². The Morgan fingerprint density at radius 3 is 3.10 bits per heavy atom. The number of allylic oxidation sites excluding steroid dienone is 1. The SMILES string of the molecule is CCCC1CN=CC=C1C. The predicted octanol–water partition coefficient (Wildman–Crippen LogP) is 2.43. The zero-order valence-corrected chi connectivity index (χ0v) is 6.80. The van der Waals surface area contributed by atoms with Gasteiger partial charge in [-0.25, -0.2) is 0 Å². The number of aliphatic imine (C=N–C) groups is 1. The Kier molecular flexibility index (Phi) is 2.67. The van der Waals surface area contributed by atoms with Gasteiger partial charge in [-0.3, -0.25) is 4.99 Å². The van der Waals surface area contributed by atoms with Crippen LogP contribution in [0.2, 0.25) is 0 Å². The van der Waals surface area contributed by atoms with Crippen molar-refractivity contribution >= 4 is 6.21 Å². The van der Waals surface area contributed by atoms with Crippen LogP contribution in [0.3, 0.4) is 0 Å². The minimum atomic E-state index is 0.731. The molecule has 56 valence electrons. The number of dihydropyridines is 1. The van der Waals surface area contributed by atoms with Gasteiger partial charge in [0.25, 0.3) is 0 Å². The molecule has 0 aromatic rings. The van der Waals surface area contributed by atoms with Crippen LogP contribution in [0.4, 0.5) is 0 Å². The Morgan fingerprint density at radius 2 is 2.50 bits per heavy atom. The van der Waals surface area contributed by atoms with Crippen molar-refractivity contribution in [2.75, 3.05) is 6.54 Å². The van der Waals surface area contributed by atoms with Crippen molar-refractivity contribution in [2.45, 2.75) is 26.7 Å². The Bertz CT molecular complexity index is 156. The van der Waals surface area contributed by atoms with Crippen LogP contribution >= 0.6 is 0 Å². The van der Waals surface area contributed by atoms with Crippen molar-refractivity contribution < 1.29 is 0 Å². The van der Waals surface area contributed by atoms with E-state index in [0.717, 1.165) is 12.5 Å². The van der Waals surface area contributed by atoms with Gasteiger partial charge in [0.15, 0.2) is 0 Å². The molecule has 0 fully saturated rings. The van der Waals surface area contributed by atoms with E-state index in [1.54, 1.807) is 0 Å². The molecule has 0 aromatic carbocycles. The summed E-state index contributed by atoms with van der Waals surface area (Å²) in [5.41, 5.74) is 1.50.